The minimum Gasteiger partial charge on any atom is -0.356 e. The van der Waals surface area contributed by atoms with Gasteiger partial charge in [-0.1, -0.05) is 70.5 Å². The van der Waals surface area contributed by atoms with Crippen molar-refractivity contribution in [3.8, 4) is 22.4 Å². The minimum atomic E-state index is 1.01. The summed E-state index contributed by atoms with van der Waals surface area (Å²) in [5, 5.41) is 0. The maximum absolute atomic E-state index is 4.90. The number of hydrogen-bond donors (Lipinski definition) is 0. The number of anilines is 1. The predicted molar refractivity (Wildman–Crippen MR) is 113 cm³/mol. The van der Waals surface area contributed by atoms with E-state index in [9.17, 15) is 0 Å². The molecule has 0 aliphatic carbocycles. The van der Waals surface area contributed by atoms with Crippen molar-refractivity contribution in [3.05, 3.63) is 83.4 Å². The molecular weight excluding hydrogens is 384 g/mol. The molecule has 1 fully saturated rings. The van der Waals surface area contributed by atoms with E-state index in [2.05, 4.69) is 94.1 Å². The van der Waals surface area contributed by atoms with Gasteiger partial charge in [0.05, 0.1) is 5.69 Å². The van der Waals surface area contributed by atoms with Crippen LogP contribution in [0.3, 0.4) is 0 Å². The van der Waals surface area contributed by atoms with Crippen molar-refractivity contribution in [1.29, 1.82) is 0 Å². The topological polar surface area (TPSA) is 16.1 Å². The third-order valence-corrected chi connectivity index (χ3v) is 5.42. The number of halogens is 1. The highest BCUT2D eigenvalue weighted by atomic mass is 79.9. The Morgan fingerprint density at radius 3 is 2.00 bits per heavy atom. The first kappa shape index (κ1) is 17.0. The second-order valence-corrected chi connectivity index (χ2v) is 7.62. The molecule has 1 aliphatic heterocycles. The number of piperidine rings is 1. The molecule has 0 spiro atoms. The van der Waals surface area contributed by atoms with Crippen LogP contribution >= 0.6 is 15.9 Å². The first-order chi connectivity index (χ1) is 12.7. The van der Waals surface area contributed by atoms with E-state index in [-0.39, 0.29) is 0 Å². The Hall–Kier alpha value is -2.39. The van der Waals surface area contributed by atoms with Gasteiger partial charge < -0.3 is 4.90 Å². The fourth-order valence-electron chi connectivity index (χ4n) is 3.29. The molecule has 0 unspecified atom stereocenters. The SMILES string of the molecule is C=C1CCN(c2cccc(-c3ccc(-c4ccc(Br)cc4)cc3)n2)CC1. The molecule has 3 heteroatoms. The molecule has 0 atom stereocenters. The highest BCUT2D eigenvalue weighted by molar-refractivity contribution is 9.10. The highest BCUT2D eigenvalue weighted by Gasteiger charge is 2.14. The number of benzene rings is 2. The van der Waals surface area contributed by atoms with E-state index in [1.54, 1.807) is 0 Å². The van der Waals surface area contributed by atoms with Gasteiger partial charge in [-0.2, -0.15) is 0 Å². The van der Waals surface area contributed by atoms with Crippen LogP contribution in [0.15, 0.2) is 83.4 Å². The average molecular weight is 405 g/mol. The van der Waals surface area contributed by atoms with E-state index in [4.69, 9.17) is 4.98 Å². The van der Waals surface area contributed by atoms with Crippen LogP contribution < -0.4 is 4.90 Å². The quantitative estimate of drug-likeness (QED) is 0.473. The molecule has 130 valence electrons. The molecule has 1 aromatic heterocycles. The van der Waals surface area contributed by atoms with Gasteiger partial charge in [0.1, 0.15) is 5.82 Å². The van der Waals surface area contributed by atoms with Crippen LogP contribution in [0.2, 0.25) is 0 Å². The summed E-state index contributed by atoms with van der Waals surface area (Å²) in [6.07, 6.45) is 2.13. The van der Waals surface area contributed by atoms with Crippen LogP contribution in [0, 0.1) is 0 Å². The average Bonchev–Trinajstić information content (AvgIpc) is 2.69. The molecule has 4 rings (SSSR count). The van der Waals surface area contributed by atoms with Crippen LogP contribution in [-0.2, 0) is 0 Å². The van der Waals surface area contributed by atoms with E-state index < -0.39 is 0 Å². The zero-order valence-electron chi connectivity index (χ0n) is 14.7. The van der Waals surface area contributed by atoms with Gasteiger partial charge in [-0.05, 0) is 48.2 Å². The van der Waals surface area contributed by atoms with Crippen molar-refractivity contribution in [2.75, 3.05) is 18.0 Å². The van der Waals surface area contributed by atoms with Crippen molar-refractivity contribution < 1.29 is 0 Å². The van der Waals surface area contributed by atoms with E-state index >= 15 is 0 Å². The smallest absolute Gasteiger partial charge is 0.129 e. The lowest BCUT2D eigenvalue weighted by molar-refractivity contribution is 0.680. The third kappa shape index (κ3) is 3.73. The highest BCUT2D eigenvalue weighted by Crippen LogP contribution is 2.27. The van der Waals surface area contributed by atoms with E-state index in [1.165, 1.54) is 16.7 Å². The van der Waals surface area contributed by atoms with Gasteiger partial charge in [0.15, 0.2) is 0 Å². The van der Waals surface area contributed by atoms with Gasteiger partial charge in [-0.15, -0.1) is 0 Å². The second kappa shape index (κ2) is 7.46. The van der Waals surface area contributed by atoms with Gasteiger partial charge >= 0.3 is 0 Å². The largest absolute Gasteiger partial charge is 0.356 e. The van der Waals surface area contributed by atoms with Crippen molar-refractivity contribution in [1.82, 2.24) is 4.98 Å². The van der Waals surface area contributed by atoms with E-state index in [0.29, 0.717) is 0 Å². The van der Waals surface area contributed by atoms with Crippen LogP contribution in [-0.4, -0.2) is 18.1 Å². The van der Waals surface area contributed by atoms with E-state index in [0.717, 1.165) is 47.5 Å². The number of aromatic nitrogens is 1. The van der Waals surface area contributed by atoms with E-state index in [1.807, 2.05) is 0 Å². The Morgan fingerprint density at radius 1 is 0.769 bits per heavy atom. The fourth-order valence-corrected chi connectivity index (χ4v) is 3.55. The Bertz CT molecular complexity index is 904. The Kier molecular flexibility index (Phi) is 4.89. The first-order valence-electron chi connectivity index (χ1n) is 8.94. The molecule has 0 bridgehead atoms. The van der Waals surface area contributed by atoms with Crippen molar-refractivity contribution in [3.63, 3.8) is 0 Å². The maximum Gasteiger partial charge on any atom is 0.129 e. The molecule has 2 nitrogen and oxygen atoms in total. The summed E-state index contributed by atoms with van der Waals surface area (Å²) in [4.78, 5) is 7.25. The van der Waals surface area contributed by atoms with Gasteiger partial charge in [-0.3, -0.25) is 0 Å². The summed E-state index contributed by atoms with van der Waals surface area (Å²) in [5.74, 6) is 1.06. The summed E-state index contributed by atoms with van der Waals surface area (Å²) < 4.78 is 1.10. The maximum atomic E-state index is 4.90. The van der Waals surface area contributed by atoms with Gasteiger partial charge in [-0.25, -0.2) is 4.98 Å². The number of hydrogen-bond acceptors (Lipinski definition) is 2. The van der Waals surface area contributed by atoms with Crippen molar-refractivity contribution in [2.45, 2.75) is 12.8 Å². The summed E-state index contributed by atoms with van der Waals surface area (Å²) in [5.41, 5.74) is 5.95. The Balaban J connectivity index is 1.57. The predicted octanol–water partition coefficient (Wildman–Crippen LogP) is 6.33. The standard InChI is InChI=1S/C23H21BrN2/c1-17-13-15-26(16-14-17)23-4-2-3-22(25-23)20-7-5-18(6-8-20)19-9-11-21(24)12-10-19/h2-12H,1,13-16H2. The molecule has 1 saturated heterocycles. The number of pyridine rings is 1. The minimum absolute atomic E-state index is 1.01. The number of nitrogens with zero attached hydrogens (tertiary/aromatic N) is 2. The zero-order valence-corrected chi connectivity index (χ0v) is 16.2. The summed E-state index contributed by atoms with van der Waals surface area (Å²) >= 11 is 3.49. The molecule has 2 heterocycles. The molecular formula is C23H21BrN2. The third-order valence-electron chi connectivity index (χ3n) is 4.89. The molecule has 2 aromatic carbocycles. The van der Waals surface area contributed by atoms with Crippen molar-refractivity contribution >= 4 is 21.7 Å². The zero-order chi connectivity index (χ0) is 17.9. The van der Waals surface area contributed by atoms with Crippen LogP contribution in [0.25, 0.3) is 22.4 Å². The molecule has 0 radical (unpaired) electrons. The van der Waals surface area contributed by atoms with Crippen LogP contribution in [0.5, 0.6) is 0 Å². The lowest BCUT2D eigenvalue weighted by atomic mass is 10.0. The molecule has 3 aromatic rings. The van der Waals surface area contributed by atoms with Crippen molar-refractivity contribution in [2.24, 2.45) is 0 Å². The molecule has 0 N–H and O–H groups in total. The van der Waals surface area contributed by atoms with Gasteiger partial charge in [0.25, 0.3) is 0 Å². The first-order valence-corrected chi connectivity index (χ1v) is 9.73. The summed E-state index contributed by atoms with van der Waals surface area (Å²) in [6.45, 7) is 6.12. The molecule has 26 heavy (non-hydrogen) atoms. The number of rotatable bonds is 3. The Labute approximate surface area is 163 Å². The summed E-state index contributed by atoms with van der Waals surface area (Å²) in [7, 11) is 0. The molecule has 0 amide bonds. The fraction of sp³-hybridized carbons (Fsp3) is 0.174. The van der Waals surface area contributed by atoms with Crippen LogP contribution in [0.1, 0.15) is 12.8 Å². The Morgan fingerprint density at radius 2 is 1.35 bits per heavy atom. The molecule has 1 aliphatic rings. The summed E-state index contributed by atoms with van der Waals surface area (Å²) in [6, 6.07) is 23.3. The van der Waals surface area contributed by atoms with Gasteiger partial charge in [0, 0.05) is 23.1 Å². The lowest BCUT2D eigenvalue weighted by Gasteiger charge is -2.29. The monoisotopic (exact) mass is 404 g/mol. The lowest BCUT2D eigenvalue weighted by Crippen LogP contribution is -2.31. The normalized spacial score (nSPS) is 14.5. The second-order valence-electron chi connectivity index (χ2n) is 6.70. The van der Waals surface area contributed by atoms with Gasteiger partial charge in [0.2, 0.25) is 0 Å². The molecule has 0 saturated carbocycles. The van der Waals surface area contributed by atoms with Crippen LogP contribution in [0.4, 0.5) is 5.82 Å².